The van der Waals surface area contributed by atoms with Crippen molar-refractivity contribution >= 4 is 5.91 Å². The topological polar surface area (TPSA) is 35.6 Å². The van der Waals surface area contributed by atoms with E-state index in [9.17, 15) is 4.79 Å². The van der Waals surface area contributed by atoms with Gasteiger partial charge in [-0.25, -0.2) is 0 Å². The van der Waals surface area contributed by atoms with Crippen LogP contribution < -0.4 is 5.32 Å². The van der Waals surface area contributed by atoms with Gasteiger partial charge in [-0.05, 0) is 55.3 Å². The molecule has 2 aromatic carbocycles. The summed E-state index contributed by atoms with van der Waals surface area (Å²) in [6.45, 7) is 13.7. The molecule has 2 atom stereocenters. The van der Waals surface area contributed by atoms with Gasteiger partial charge in [0.1, 0.15) is 0 Å². The van der Waals surface area contributed by atoms with E-state index < -0.39 is 0 Å². The van der Waals surface area contributed by atoms with Crippen LogP contribution in [0.1, 0.15) is 62.8 Å². The van der Waals surface area contributed by atoms with Crippen LogP contribution in [0.15, 0.2) is 54.6 Å². The second-order valence-electron chi connectivity index (χ2n) is 11.1. The van der Waals surface area contributed by atoms with Gasteiger partial charge < -0.3 is 10.2 Å². The Bertz CT molecular complexity index is 897. The highest BCUT2D eigenvalue weighted by Crippen LogP contribution is 2.35. The molecule has 178 valence electrons. The molecule has 1 amide bonds. The monoisotopic (exact) mass is 447 g/mol. The van der Waals surface area contributed by atoms with Crippen LogP contribution >= 0.6 is 0 Å². The van der Waals surface area contributed by atoms with E-state index in [-0.39, 0.29) is 17.5 Å². The Morgan fingerprint density at radius 1 is 0.970 bits per heavy atom. The van der Waals surface area contributed by atoms with Crippen LogP contribution in [0.2, 0.25) is 0 Å². The molecule has 2 aliphatic rings. The van der Waals surface area contributed by atoms with Crippen molar-refractivity contribution in [3.05, 3.63) is 71.3 Å². The molecular weight excluding hydrogens is 406 g/mol. The van der Waals surface area contributed by atoms with Crippen LogP contribution in [0.25, 0.3) is 0 Å². The summed E-state index contributed by atoms with van der Waals surface area (Å²) in [6, 6.07) is 20.2. The largest absolute Gasteiger partial charge is 0.337 e. The van der Waals surface area contributed by atoms with Gasteiger partial charge in [-0.2, -0.15) is 0 Å². The maximum absolute atomic E-state index is 13.5. The fourth-order valence-corrected chi connectivity index (χ4v) is 5.53. The summed E-state index contributed by atoms with van der Waals surface area (Å²) in [4.78, 5) is 18.3. The molecule has 1 N–H and O–H groups in total. The minimum absolute atomic E-state index is 0.0248. The molecule has 0 bridgehead atoms. The van der Waals surface area contributed by atoms with Crippen molar-refractivity contribution in [2.24, 2.45) is 11.3 Å². The molecule has 0 spiro atoms. The zero-order chi connectivity index (χ0) is 23.4. The highest BCUT2D eigenvalue weighted by molar-refractivity contribution is 5.77. The van der Waals surface area contributed by atoms with Gasteiger partial charge in [0, 0.05) is 32.1 Å². The molecule has 2 aliphatic heterocycles. The quantitative estimate of drug-likeness (QED) is 0.698. The molecule has 2 heterocycles. The second-order valence-corrected chi connectivity index (χ2v) is 11.1. The van der Waals surface area contributed by atoms with E-state index in [2.05, 4.69) is 97.4 Å². The van der Waals surface area contributed by atoms with Crippen LogP contribution in [0.4, 0.5) is 0 Å². The summed E-state index contributed by atoms with van der Waals surface area (Å²) in [5.74, 6) is 0.884. The molecule has 0 radical (unpaired) electrons. The van der Waals surface area contributed by atoms with E-state index >= 15 is 0 Å². The summed E-state index contributed by atoms with van der Waals surface area (Å²) in [5, 5.41) is 3.42. The fraction of sp³-hybridized carbons (Fsp3) is 0.552. The summed E-state index contributed by atoms with van der Waals surface area (Å²) in [6.07, 6.45) is 2.94. The Labute approximate surface area is 200 Å². The van der Waals surface area contributed by atoms with E-state index in [1.807, 2.05) is 0 Å². The number of piperidine rings is 1. The van der Waals surface area contributed by atoms with E-state index in [4.69, 9.17) is 0 Å². The number of amides is 1. The molecule has 2 fully saturated rings. The molecular formula is C29H41N3O. The number of nitrogens with one attached hydrogen (secondary N) is 1. The van der Waals surface area contributed by atoms with Gasteiger partial charge in [0.15, 0.2) is 0 Å². The highest BCUT2D eigenvalue weighted by Gasteiger charge is 2.40. The summed E-state index contributed by atoms with van der Waals surface area (Å²) < 4.78 is 0. The van der Waals surface area contributed by atoms with E-state index in [1.165, 1.54) is 16.7 Å². The zero-order valence-electron chi connectivity index (χ0n) is 20.9. The minimum atomic E-state index is 0.0248. The molecule has 0 aliphatic carbocycles. The average Bonchev–Trinajstić information content (AvgIpc) is 2.81. The first-order valence-electron chi connectivity index (χ1n) is 12.7. The van der Waals surface area contributed by atoms with Crippen molar-refractivity contribution < 1.29 is 4.79 Å². The zero-order valence-corrected chi connectivity index (χ0v) is 20.9. The van der Waals surface area contributed by atoms with Crippen molar-refractivity contribution in [3.63, 3.8) is 0 Å². The number of carbonyl (C=O) groups excluding carboxylic acids is 1. The van der Waals surface area contributed by atoms with Crippen LogP contribution in [0, 0.1) is 18.3 Å². The lowest BCUT2D eigenvalue weighted by Crippen LogP contribution is -2.60. The van der Waals surface area contributed by atoms with Gasteiger partial charge in [0.2, 0.25) is 5.91 Å². The lowest BCUT2D eigenvalue weighted by Gasteiger charge is -2.49. The maximum atomic E-state index is 13.5. The number of rotatable bonds is 5. The molecule has 0 saturated carbocycles. The van der Waals surface area contributed by atoms with Crippen LogP contribution in [0.5, 0.6) is 0 Å². The molecule has 4 nitrogen and oxygen atoms in total. The lowest BCUT2D eigenvalue weighted by molar-refractivity contribution is -0.141. The van der Waals surface area contributed by atoms with E-state index in [0.717, 1.165) is 45.6 Å². The normalized spacial score (nSPS) is 21.7. The number of hydrogen-bond donors (Lipinski definition) is 1. The number of carbonyl (C=O) groups is 1. The fourth-order valence-electron chi connectivity index (χ4n) is 5.53. The minimum Gasteiger partial charge on any atom is -0.337 e. The first kappa shape index (κ1) is 24.0. The van der Waals surface area contributed by atoms with Crippen molar-refractivity contribution in [2.75, 3.05) is 32.7 Å². The van der Waals surface area contributed by atoms with Gasteiger partial charge in [0.05, 0.1) is 6.04 Å². The molecule has 2 aromatic rings. The number of hydrogen-bond acceptors (Lipinski definition) is 3. The van der Waals surface area contributed by atoms with Crippen LogP contribution in [0.3, 0.4) is 0 Å². The molecule has 4 rings (SSSR count). The highest BCUT2D eigenvalue weighted by atomic mass is 16.2. The average molecular weight is 448 g/mol. The second kappa shape index (κ2) is 10.4. The first-order valence-corrected chi connectivity index (χ1v) is 12.7. The lowest BCUT2D eigenvalue weighted by atomic mass is 9.82. The summed E-state index contributed by atoms with van der Waals surface area (Å²) >= 11 is 0. The number of piperazine rings is 1. The van der Waals surface area contributed by atoms with Crippen LogP contribution in [-0.4, -0.2) is 54.5 Å². The number of nitrogens with zero attached hydrogens (tertiary/aromatic N) is 2. The van der Waals surface area contributed by atoms with Gasteiger partial charge >= 0.3 is 0 Å². The summed E-state index contributed by atoms with van der Waals surface area (Å²) in [7, 11) is 0. The van der Waals surface area contributed by atoms with Crippen molar-refractivity contribution in [1.29, 1.82) is 0 Å². The Morgan fingerprint density at radius 3 is 2.24 bits per heavy atom. The predicted octanol–water partition coefficient (Wildman–Crippen LogP) is 5.03. The van der Waals surface area contributed by atoms with Gasteiger partial charge in [0.25, 0.3) is 0 Å². The number of benzene rings is 2. The summed E-state index contributed by atoms with van der Waals surface area (Å²) in [5.41, 5.74) is 3.96. The molecule has 4 heteroatoms. The number of aryl methyl sites for hydroxylation is 1. The van der Waals surface area contributed by atoms with Crippen molar-refractivity contribution in [1.82, 2.24) is 15.1 Å². The van der Waals surface area contributed by atoms with Gasteiger partial charge in [-0.1, -0.05) is 80.9 Å². The molecule has 0 aromatic heterocycles. The molecule has 2 saturated heterocycles. The predicted molar refractivity (Wildman–Crippen MR) is 136 cm³/mol. The Balaban J connectivity index is 1.57. The Kier molecular flexibility index (Phi) is 7.55. The smallest absolute Gasteiger partial charge is 0.223 e. The standard InChI is InChI=1S/C29H41N3O/c1-22-10-12-25(13-11-22)28(24-8-6-5-7-9-24)31-18-19-32(26(21-31)29(2,3)4)27(33)20-23-14-16-30-17-15-23/h5-13,23,26,28,30H,14-21H2,1-4H3. The van der Waals surface area contributed by atoms with Gasteiger partial charge in [-0.3, -0.25) is 9.69 Å². The van der Waals surface area contributed by atoms with Crippen LogP contribution in [-0.2, 0) is 4.79 Å². The maximum Gasteiger partial charge on any atom is 0.223 e. The first-order chi connectivity index (χ1) is 15.8. The van der Waals surface area contributed by atoms with Crippen molar-refractivity contribution in [3.8, 4) is 0 Å². The van der Waals surface area contributed by atoms with Gasteiger partial charge in [-0.15, -0.1) is 0 Å². The Hall–Kier alpha value is -2.17. The molecule has 2 unspecified atom stereocenters. The van der Waals surface area contributed by atoms with E-state index in [1.54, 1.807) is 0 Å². The SMILES string of the molecule is Cc1ccc(C(c2ccccc2)N2CCN(C(=O)CC3CCNCC3)C(C(C)(C)C)C2)cc1. The van der Waals surface area contributed by atoms with E-state index in [0.29, 0.717) is 18.2 Å². The third-order valence-corrected chi connectivity index (χ3v) is 7.53. The third kappa shape index (κ3) is 5.85. The third-order valence-electron chi connectivity index (χ3n) is 7.53. The Morgan fingerprint density at radius 2 is 1.61 bits per heavy atom. The molecule has 33 heavy (non-hydrogen) atoms. The van der Waals surface area contributed by atoms with Crippen molar-refractivity contribution in [2.45, 2.75) is 59.0 Å².